The van der Waals surface area contributed by atoms with Crippen LogP contribution in [0.1, 0.15) is 39.7 Å². The van der Waals surface area contributed by atoms with E-state index in [1.54, 1.807) is 12.1 Å². The fourth-order valence-electron chi connectivity index (χ4n) is 1.68. The summed E-state index contributed by atoms with van der Waals surface area (Å²) in [5.74, 6) is -1.49. The standard InChI is InChI=1S/C15H23NO5S/c1-5-14(2,3)11-6-8-12(9-7-11)22(20,21)16-10-15(4,19)13(17)18/h6-9,16,19H,5,10H2,1-4H3,(H,17,18). The van der Waals surface area contributed by atoms with Gasteiger partial charge in [-0.15, -0.1) is 0 Å². The molecule has 22 heavy (non-hydrogen) atoms. The Hall–Kier alpha value is -1.44. The van der Waals surface area contributed by atoms with E-state index in [0.717, 1.165) is 18.9 Å². The first kappa shape index (κ1) is 18.6. The predicted octanol–water partition coefficient (Wildman–Crippen LogP) is 1.49. The molecule has 1 aromatic rings. The summed E-state index contributed by atoms with van der Waals surface area (Å²) >= 11 is 0. The number of hydrogen-bond acceptors (Lipinski definition) is 4. The van der Waals surface area contributed by atoms with E-state index < -0.39 is 28.1 Å². The van der Waals surface area contributed by atoms with Crippen molar-refractivity contribution in [3.63, 3.8) is 0 Å². The number of carboxylic acid groups (broad SMARTS) is 1. The second-order valence-corrected chi connectivity index (χ2v) is 7.93. The number of aliphatic hydroxyl groups is 1. The fourth-order valence-corrected chi connectivity index (χ4v) is 2.82. The first-order valence-electron chi connectivity index (χ1n) is 6.98. The summed E-state index contributed by atoms with van der Waals surface area (Å²) in [7, 11) is -3.87. The Balaban J connectivity index is 2.93. The predicted molar refractivity (Wildman–Crippen MR) is 83.2 cm³/mol. The van der Waals surface area contributed by atoms with Crippen LogP contribution in [-0.4, -0.2) is 36.7 Å². The highest BCUT2D eigenvalue weighted by Crippen LogP contribution is 2.27. The molecule has 0 aliphatic carbocycles. The van der Waals surface area contributed by atoms with Crippen molar-refractivity contribution in [2.45, 2.75) is 50.0 Å². The minimum absolute atomic E-state index is 0.0318. The maximum atomic E-state index is 12.1. The van der Waals surface area contributed by atoms with Crippen molar-refractivity contribution >= 4 is 16.0 Å². The molecule has 0 saturated heterocycles. The van der Waals surface area contributed by atoms with Gasteiger partial charge in [0.05, 0.1) is 11.4 Å². The number of carboxylic acids is 1. The first-order chi connectivity index (χ1) is 9.92. The van der Waals surface area contributed by atoms with E-state index >= 15 is 0 Å². The van der Waals surface area contributed by atoms with Gasteiger partial charge in [0.25, 0.3) is 0 Å². The van der Waals surface area contributed by atoms with Gasteiger partial charge in [-0.05, 0) is 36.5 Å². The lowest BCUT2D eigenvalue weighted by Gasteiger charge is -2.23. The normalized spacial score (nSPS) is 15.3. The van der Waals surface area contributed by atoms with Crippen LogP contribution in [0.15, 0.2) is 29.2 Å². The van der Waals surface area contributed by atoms with Gasteiger partial charge >= 0.3 is 5.97 Å². The SMILES string of the molecule is CCC(C)(C)c1ccc(S(=O)(=O)NCC(C)(O)C(=O)O)cc1. The van der Waals surface area contributed by atoms with Gasteiger partial charge in [-0.2, -0.15) is 0 Å². The number of rotatable bonds is 7. The lowest BCUT2D eigenvalue weighted by molar-refractivity contribution is -0.155. The van der Waals surface area contributed by atoms with Crippen molar-refractivity contribution in [1.82, 2.24) is 4.72 Å². The van der Waals surface area contributed by atoms with E-state index in [1.807, 2.05) is 0 Å². The summed E-state index contributed by atoms with van der Waals surface area (Å²) in [5, 5.41) is 18.3. The van der Waals surface area contributed by atoms with E-state index in [2.05, 4.69) is 25.5 Å². The topological polar surface area (TPSA) is 104 Å². The van der Waals surface area contributed by atoms with Crippen molar-refractivity contribution in [3.05, 3.63) is 29.8 Å². The highest BCUT2D eigenvalue weighted by Gasteiger charge is 2.31. The van der Waals surface area contributed by atoms with Crippen molar-refractivity contribution in [2.24, 2.45) is 0 Å². The number of carbonyl (C=O) groups is 1. The third-order valence-electron chi connectivity index (χ3n) is 3.90. The molecule has 1 rings (SSSR count). The van der Waals surface area contributed by atoms with E-state index in [0.29, 0.717) is 0 Å². The summed E-state index contributed by atoms with van der Waals surface area (Å²) in [6.07, 6.45) is 0.916. The minimum atomic E-state index is -3.87. The molecule has 7 heteroatoms. The summed E-state index contributed by atoms with van der Waals surface area (Å²) in [4.78, 5) is 10.8. The monoisotopic (exact) mass is 329 g/mol. The van der Waals surface area contributed by atoms with Crippen LogP contribution in [0.3, 0.4) is 0 Å². The lowest BCUT2D eigenvalue weighted by atomic mass is 9.82. The summed E-state index contributed by atoms with van der Waals surface area (Å²) < 4.78 is 26.3. The van der Waals surface area contributed by atoms with Crippen molar-refractivity contribution in [3.8, 4) is 0 Å². The average Bonchev–Trinajstić information content (AvgIpc) is 2.45. The number of nitrogens with one attached hydrogen (secondary N) is 1. The quantitative estimate of drug-likeness (QED) is 0.703. The molecule has 3 N–H and O–H groups in total. The highest BCUT2D eigenvalue weighted by atomic mass is 32.2. The summed E-state index contributed by atoms with van der Waals surface area (Å²) in [6, 6.07) is 6.44. The van der Waals surface area contributed by atoms with Crippen LogP contribution in [0.4, 0.5) is 0 Å². The molecule has 0 fully saturated rings. The van der Waals surface area contributed by atoms with Gasteiger partial charge in [0.1, 0.15) is 0 Å². The Labute approximate surface area is 131 Å². The van der Waals surface area contributed by atoms with Crippen molar-refractivity contribution in [2.75, 3.05) is 6.54 Å². The van der Waals surface area contributed by atoms with Crippen LogP contribution in [0.5, 0.6) is 0 Å². The van der Waals surface area contributed by atoms with Crippen LogP contribution < -0.4 is 4.72 Å². The lowest BCUT2D eigenvalue weighted by Crippen LogP contribution is -2.46. The summed E-state index contributed by atoms with van der Waals surface area (Å²) in [5.41, 5.74) is -1.19. The Bertz CT molecular complexity index is 632. The summed E-state index contributed by atoms with van der Waals surface area (Å²) in [6.45, 7) is 6.62. The molecular weight excluding hydrogens is 306 g/mol. The molecule has 6 nitrogen and oxygen atoms in total. The van der Waals surface area contributed by atoms with Crippen LogP contribution in [0.25, 0.3) is 0 Å². The highest BCUT2D eigenvalue weighted by molar-refractivity contribution is 7.89. The van der Waals surface area contributed by atoms with Gasteiger partial charge in [-0.1, -0.05) is 32.9 Å². The zero-order valence-corrected chi connectivity index (χ0v) is 14.1. The van der Waals surface area contributed by atoms with Crippen LogP contribution in [0.2, 0.25) is 0 Å². The molecule has 0 spiro atoms. The molecule has 1 unspecified atom stereocenters. The zero-order chi connectivity index (χ0) is 17.2. The maximum Gasteiger partial charge on any atom is 0.336 e. The zero-order valence-electron chi connectivity index (χ0n) is 13.3. The third-order valence-corrected chi connectivity index (χ3v) is 5.31. The number of sulfonamides is 1. The Kier molecular flexibility index (Phi) is 5.38. The number of hydrogen-bond donors (Lipinski definition) is 3. The van der Waals surface area contributed by atoms with Gasteiger partial charge < -0.3 is 10.2 Å². The van der Waals surface area contributed by atoms with Gasteiger partial charge in [0.2, 0.25) is 10.0 Å². The Morgan fingerprint density at radius 2 is 1.68 bits per heavy atom. The van der Waals surface area contributed by atoms with Gasteiger partial charge in [0, 0.05) is 0 Å². The van der Waals surface area contributed by atoms with E-state index in [4.69, 9.17) is 5.11 Å². The first-order valence-corrected chi connectivity index (χ1v) is 8.47. The van der Waals surface area contributed by atoms with Crippen molar-refractivity contribution < 1.29 is 23.4 Å². The molecule has 124 valence electrons. The number of aliphatic carboxylic acids is 1. The Morgan fingerprint density at radius 3 is 2.09 bits per heavy atom. The van der Waals surface area contributed by atoms with Crippen LogP contribution in [0, 0.1) is 0 Å². The number of benzene rings is 1. The smallest absolute Gasteiger partial charge is 0.336 e. The molecule has 1 aromatic carbocycles. The fraction of sp³-hybridized carbons (Fsp3) is 0.533. The molecule has 0 amide bonds. The van der Waals surface area contributed by atoms with Crippen LogP contribution in [-0.2, 0) is 20.2 Å². The van der Waals surface area contributed by atoms with E-state index in [-0.39, 0.29) is 10.3 Å². The molecule has 0 bridgehead atoms. The second-order valence-electron chi connectivity index (χ2n) is 6.17. The molecule has 1 atom stereocenters. The molecule has 0 saturated carbocycles. The Morgan fingerprint density at radius 1 is 1.18 bits per heavy atom. The molecule has 0 aromatic heterocycles. The molecule has 0 heterocycles. The van der Waals surface area contributed by atoms with E-state index in [1.165, 1.54) is 12.1 Å². The molecule has 0 aliphatic rings. The average molecular weight is 329 g/mol. The van der Waals surface area contributed by atoms with Gasteiger partial charge in [-0.25, -0.2) is 17.9 Å². The third kappa shape index (κ3) is 4.28. The largest absolute Gasteiger partial charge is 0.479 e. The van der Waals surface area contributed by atoms with Gasteiger partial charge in [-0.3, -0.25) is 0 Å². The van der Waals surface area contributed by atoms with Gasteiger partial charge in [0.15, 0.2) is 5.60 Å². The van der Waals surface area contributed by atoms with Crippen molar-refractivity contribution in [1.29, 1.82) is 0 Å². The van der Waals surface area contributed by atoms with Crippen LogP contribution >= 0.6 is 0 Å². The van der Waals surface area contributed by atoms with E-state index in [9.17, 15) is 18.3 Å². The molecular formula is C15H23NO5S. The maximum absolute atomic E-state index is 12.1. The second kappa shape index (κ2) is 6.36. The minimum Gasteiger partial charge on any atom is -0.479 e. The molecule has 0 aliphatic heterocycles. The molecule has 0 radical (unpaired) electrons.